The van der Waals surface area contributed by atoms with Crippen molar-refractivity contribution in [2.75, 3.05) is 44.3 Å². The van der Waals surface area contributed by atoms with Crippen molar-refractivity contribution in [3.63, 3.8) is 0 Å². The van der Waals surface area contributed by atoms with Crippen LogP contribution in [0.2, 0.25) is 0 Å². The molecule has 10 heteroatoms. The minimum atomic E-state index is -0.463. The van der Waals surface area contributed by atoms with Gasteiger partial charge in [-0.1, -0.05) is 13.0 Å². The fourth-order valence-corrected chi connectivity index (χ4v) is 7.95. The van der Waals surface area contributed by atoms with Crippen LogP contribution in [0.25, 0.3) is 33.1 Å². The zero-order valence-electron chi connectivity index (χ0n) is 23.7. The predicted octanol–water partition coefficient (Wildman–Crippen LogP) is 5.03. The zero-order valence-corrected chi connectivity index (χ0v) is 23.7. The van der Waals surface area contributed by atoms with Gasteiger partial charge in [-0.2, -0.15) is 15.1 Å². The van der Waals surface area contributed by atoms with E-state index in [2.05, 4.69) is 31.9 Å². The third kappa shape index (κ3) is 4.01. The molecule has 0 bridgehead atoms. The van der Waals surface area contributed by atoms with Gasteiger partial charge in [0, 0.05) is 43.2 Å². The number of H-pyrrole nitrogens is 1. The number of piperidine rings is 1. The highest BCUT2D eigenvalue weighted by Crippen LogP contribution is 2.43. The van der Waals surface area contributed by atoms with E-state index in [-0.39, 0.29) is 28.4 Å². The smallest absolute Gasteiger partial charge is 0.319 e. The number of halogens is 1. The summed E-state index contributed by atoms with van der Waals surface area (Å²) in [5.41, 5.74) is 2.86. The van der Waals surface area contributed by atoms with Crippen molar-refractivity contribution in [3.8, 4) is 17.3 Å². The first-order valence-electron chi connectivity index (χ1n) is 15.0. The van der Waals surface area contributed by atoms with E-state index in [0.717, 1.165) is 86.9 Å². The first-order valence-corrected chi connectivity index (χ1v) is 15.0. The van der Waals surface area contributed by atoms with Crippen LogP contribution in [0.1, 0.15) is 51.0 Å². The molecule has 4 saturated heterocycles. The Kier molecular flexibility index (Phi) is 5.76. The number of ether oxygens (including phenoxy) is 2. The van der Waals surface area contributed by atoms with Gasteiger partial charge in [0.25, 0.3) is 0 Å². The van der Waals surface area contributed by atoms with Crippen LogP contribution in [0.3, 0.4) is 0 Å². The van der Waals surface area contributed by atoms with Crippen LogP contribution >= 0.6 is 0 Å². The molecule has 4 aliphatic rings. The summed E-state index contributed by atoms with van der Waals surface area (Å²) in [7, 11) is 0. The summed E-state index contributed by atoms with van der Waals surface area (Å²) in [6.07, 6.45) is 9.92. The summed E-state index contributed by atoms with van der Waals surface area (Å²) in [4.78, 5) is 19.1. The molecule has 0 radical (unpaired) electrons. The van der Waals surface area contributed by atoms with E-state index in [1.54, 1.807) is 12.4 Å². The Hall–Kier alpha value is -3.37. The Bertz CT molecular complexity index is 1650. The van der Waals surface area contributed by atoms with Gasteiger partial charge in [0.2, 0.25) is 0 Å². The lowest BCUT2D eigenvalue weighted by atomic mass is 9.86. The maximum atomic E-state index is 16.6. The Labute approximate surface area is 238 Å². The predicted molar refractivity (Wildman–Crippen MR) is 155 cm³/mol. The number of benzene rings is 1. The molecule has 9 nitrogen and oxygen atoms in total. The summed E-state index contributed by atoms with van der Waals surface area (Å²) >= 11 is 0. The number of aromatic nitrogens is 5. The number of rotatable bonds is 5. The molecular weight excluding hydrogens is 521 g/mol. The van der Waals surface area contributed by atoms with Crippen LogP contribution in [0.4, 0.5) is 10.2 Å². The molecule has 1 aromatic carbocycles. The highest BCUT2D eigenvalue weighted by molar-refractivity contribution is 5.98. The summed E-state index contributed by atoms with van der Waals surface area (Å²) in [5, 5.41) is 8.61. The molecule has 3 aromatic heterocycles. The molecule has 0 saturated carbocycles. The van der Waals surface area contributed by atoms with E-state index >= 15 is 4.39 Å². The van der Waals surface area contributed by atoms with Crippen LogP contribution in [0, 0.1) is 18.7 Å². The number of nitrogens with one attached hydrogen (secondary N) is 1. The number of anilines is 1. The van der Waals surface area contributed by atoms with Gasteiger partial charge in [0.15, 0.2) is 5.82 Å². The maximum absolute atomic E-state index is 16.6. The number of hydrogen-bond acceptors (Lipinski definition) is 8. The lowest BCUT2D eigenvalue weighted by molar-refractivity contribution is -0.151. The molecule has 41 heavy (non-hydrogen) atoms. The summed E-state index contributed by atoms with van der Waals surface area (Å²) in [5.74, 6) is 0.852. The fourth-order valence-electron chi connectivity index (χ4n) is 7.95. The van der Waals surface area contributed by atoms with Gasteiger partial charge in [-0.05, 0) is 63.1 Å². The van der Waals surface area contributed by atoms with Crippen LogP contribution < -0.4 is 9.64 Å². The largest absolute Gasteiger partial charge is 0.461 e. The molecule has 4 aromatic rings. The lowest BCUT2D eigenvalue weighted by Crippen LogP contribution is -2.56. The molecule has 0 amide bonds. The number of hydrogen-bond donors (Lipinski definition) is 1. The first kappa shape index (κ1) is 25.3. The molecule has 4 fully saturated rings. The van der Waals surface area contributed by atoms with E-state index in [4.69, 9.17) is 19.4 Å². The second kappa shape index (κ2) is 9.32. The van der Waals surface area contributed by atoms with Gasteiger partial charge in [0.05, 0.1) is 34.8 Å². The third-order valence-corrected chi connectivity index (χ3v) is 9.99. The van der Waals surface area contributed by atoms with Gasteiger partial charge in [-0.25, -0.2) is 4.39 Å². The van der Waals surface area contributed by atoms with Crippen LogP contribution in [0.5, 0.6) is 6.01 Å². The number of pyridine rings is 1. The van der Waals surface area contributed by atoms with E-state index in [9.17, 15) is 0 Å². The molecule has 3 atom stereocenters. The van der Waals surface area contributed by atoms with Crippen molar-refractivity contribution >= 4 is 27.6 Å². The Morgan fingerprint density at radius 1 is 1.12 bits per heavy atom. The highest BCUT2D eigenvalue weighted by Gasteiger charge is 2.48. The van der Waals surface area contributed by atoms with Gasteiger partial charge < -0.3 is 14.4 Å². The number of nitrogens with zero attached hydrogens (tertiary/aromatic N) is 6. The molecule has 0 aliphatic carbocycles. The van der Waals surface area contributed by atoms with Gasteiger partial charge in [0.1, 0.15) is 23.6 Å². The highest BCUT2D eigenvalue weighted by atomic mass is 19.1. The average molecular weight is 558 g/mol. The fraction of sp³-hybridized carbons (Fsp3) is 0.548. The minimum absolute atomic E-state index is 0.0167. The number of fused-ring (bicyclic) bond motifs is 3. The van der Waals surface area contributed by atoms with Gasteiger partial charge in [-0.3, -0.25) is 15.0 Å². The summed E-state index contributed by atoms with van der Waals surface area (Å²) in [6.45, 7) is 9.35. The second-order valence-electron chi connectivity index (χ2n) is 12.8. The topological polar surface area (TPSA) is 92.3 Å². The minimum Gasteiger partial charge on any atom is -0.461 e. The molecule has 214 valence electrons. The molecule has 4 aliphatic heterocycles. The van der Waals surface area contributed by atoms with Gasteiger partial charge in [-0.15, -0.1) is 0 Å². The Morgan fingerprint density at radius 2 is 2.00 bits per heavy atom. The standard InChI is InChI=1S/C31H36FN7O2/c1-19-13-30(7-3-11-39(30)16-19)18-40-29-35-26-22(28(36-29)38-10-4-8-31(17-38)9-12-41-31)14-33-27(25(26)32)24-20(2)5-6-23-21(24)15-34-37-23/h5-6,14-15,19H,3-4,7-13,16-18H2,1-2H3,(H,34,37)/t19-,30+,31?/m1/s1. The number of aromatic amines is 1. The molecule has 1 N–H and O–H groups in total. The van der Waals surface area contributed by atoms with Gasteiger partial charge >= 0.3 is 6.01 Å². The van der Waals surface area contributed by atoms with Crippen molar-refractivity contribution in [1.29, 1.82) is 0 Å². The second-order valence-corrected chi connectivity index (χ2v) is 12.8. The maximum Gasteiger partial charge on any atom is 0.319 e. The van der Waals surface area contributed by atoms with Crippen molar-refractivity contribution < 1.29 is 13.9 Å². The molecule has 8 rings (SSSR count). The van der Waals surface area contributed by atoms with Crippen molar-refractivity contribution in [2.45, 2.75) is 63.5 Å². The number of aryl methyl sites for hydroxylation is 1. The average Bonchev–Trinajstić information content (AvgIpc) is 3.66. The molecule has 7 heterocycles. The Balaban J connectivity index is 1.24. The van der Waals surface area contributed by atoms with Crippen molar-refractivity contribution in [3.05, 3.63) is 35.9 Å². The van der Waals surface area contributed by atoms with E-state index in [0.29, 0.717) is 23.7 Å². The van der Waals surface area contributed by atoms with Crippen molar-refractivity contribution in [2.24, 2.45) is 5.92 Å². The van der Waals surface area contributed by atoms with Crippen molar-refractivity contribution in [1.82, 2.24) is 30.0 Å². The zero-order chi connectivity index (χ0) is 27.8. The first-order chi connectivity index (χ1) is 19.9. The van der Waals surface area contributed by atoms with Crippen LogP contribution in [-0.4, -0.2) is 80.6 Å². The molecule has 1 unspecified atom stereocenters. The lowest BCUT2D eigenvalue weighted by Gasteiger charge is -2.48. The summed E-state index contributed by atoms with van der Waals surface area (Å²) in [6, 6.07) is 4.15. The van der Waals surface area contributed by atoms with E-state index in [1.165, 1.54) is 6.42 Å². The third-order valence-electron chi connectivity index (χ3n) is 9.99. The van der Waals surface area contributed by atoms with Crippen LogP contribution in [0.15, 0.2) is 24.5 Å². The monoisotopic (exact) mass is 557 g/mol. The quantitative estimate of drug-likeness (QED) is 0.366. The SMILES string of the molecule is Cc1ccc2[nH]ncc2c1-c1ncc2c(N3CCCC4(CCO4)C3)nc(OC[C@@]34CCCN3C[C@H](C)C4)nc2c1F. The molecule has 1 spiro atoms. The van der Waals surface area contributed by atoms with Crippen LogP contribution in [-0.2, 0) is 4.74 Å². The molecular formula is C31H36FN7O2. The van der Waals surface area contributed by atoms with E-state index in [1.807, 2.05) is 19.1 Å². The van der Waals surface area contributed by atoms with E-state index < -0.39 is 5.82 Å². The Morgan fingerprint density at radius 3 is 2.85 bits per heavy atom. The normalized spacial score (nSPS) is 28.1. The summed E-state index contributed by atoms with van der Waals surface area (Å²) < 4.78 is 29.1.